The Hall–Kier alpha value is -2.17. The first kappa shape index (κ1) is 17.6. The molecule has 3 rings (SSSR count). The molecule has 0 unspecified atom stereocenters. The Morgan fingerprint density at radius 2 is 2.24 bits per heavy atom. The lowest BCUT2D eigenvalue weighted by Crippen LogP contribution is -2.36. The number of aromatic amines is 1. The summed E-state index contributed by atoms with van der Waals surface area (Å²) in [5, 5.41) is 2.99. The number of pyridine rings is 1. The van der Waals surface area contributed by atoms with Crippen LogP contribution in [0, 0.1) is 23.7 Å². The van der Waals surface area contributed by atoms with Crippen LogP contribution in [0.1, 0.15) is 39.9 Å². The number of fused-ring (bicyclic) bond motifs is 1. The van der Waals surface area contributed by atoms with Gasteiger partial charge in [-0.3, -0.25) is 9.78 Å². The molecular weight excluding hydrogens is 312 g/mol. The summed E-state index contributed by atoms with van der Waals surface area (Å²) in [7, 11) is 0. The molecule has 5 nitrogen and oxygen atoms in total. The van der Waals surface area contributed by atoms with Crippen molar-refractivity contribution in [1.29, 1.82) is 0 Å². The number of nitrogens with zero attached hydrogens (tertiary/aromatic N) is 2. The number of imidazole rings is 1. The van der Waals surface area contributed by atoms with E-state index in [1.807, 2.05) is 12.3 Å². The van der Waals surface area contributed by atoms with Crippen LogP contribution in [0.4, 0.5) is 0 Å². The molecule has 5 heteroatoms. The van der Waals surface area contributed by atoms with Crippen LogP contribution in [0.3, 0.4) is 0 Å². The topological polar surface area (TPSA) is 70.7 Å². The second kappa shape index (κ2) is 7.38. The van der Waals surface area contributed by atoms with Crippen LogP contribution in [-0.4, -0.2) is 27.4 Å². The third-order valence-electron chi connectivity index (χ3n) is 5.44. The van der Waals surface area contributed by atoms with Gasteiger partial charge in [-0.1, -0.05) is 25.5 Å². The van der Waals surface area contributed by atoms with Crippen molar-refractivity contribution in [2.75, 3.05) is 6.54 Å². The summed E-state index contributed by atoms with van der Waals surface area (Å²) >= 11 is 0. The molecule has 2 aromatic rings. The van der Waals surface area contributed by atoms with E-state index in [4.69, 9.17) is 4.98 Å². The van der Waals surface area contributed by atoms with Gasteiger partial charge in [-0.2, -0.15) is 0 Å². The number of hydrogen-bond donors (Lipinski definition) is 2. The summed E-state index contributed by atoms with van der Waals surface area (Å²) in [6.45, 7) is 9.10. The monoisotopic (exact) mass is 340 g/mol. The number of carbonyl (C=O) groups excluding carboxylic acids is 1. The summed E-state index contributed by atoms with van der Waals surface area (Å²) in [6.07, 6.45) is 8.04. The molecule has 1 amide bonds. The average molecular weight is 340 g/mol. The van der Waals surface area contributed by atoms with Crippen molar-refractivity contribution < 1.29 is 4.79 Å². The Balaban J connectivity index is 1.77. The van der Waals surface area contributed by atoms with Crippen molar-refractivity contribution in [3.8, 4) is 0 Å². The molecule has 2 aromatic heterocycles. The first-order valence-electron chi connectivity index (χ1n) is 9.15. The standard InChI is InChI=1S/C20H28N4O/c1-12(2)17-8-15(13(3)7-16(17)10-22-14(4)25)9-20-23-18-5-6-21-11-19(18)24-20/h5-7,11-12,15-17H,8-10H2,1-4H3,(H,22,25)(H,23,24)/t15-,16-,17-/m0/s1. The van der Waals surface area contributed by atoms with Gasteiger partial charge >= 0.3 is 0 Å². The molecule has 2 heterocycles. The zero-order valence-corrected chi connectivity index (χ0v) is 15.5. The molecule has 3 atom stereocenters. The lowest BCUT2D eigenvalue weighted by molar-refractivity contribution is -0.119. The molecule has 0 aromatic carbocycles. The van der Waals surface area contributed by atoms with E-state index in [1.54, 1.807) is 13.1 Å². The van der Waals surface area contributed by atoms with Crippen molar-refractivity contribution in [3.63, 3.8) is 0 Å². The van der Waals surface area contributed by atoms with Crippen LogP contribution in [-0.2, 0) is 11.2 Å². The Labute approximate surface area is 149 Å². The van der Waals surface area contributed by atoms with E-state index in [0.717, 1.165) is 36.2 Å². The van der Waals surface area contributed by atoms with E-state index in [1.165, 1.54) is 5.57 Å². The van der Waals surface area contributed by atoms with Gasteiger partial charge in [0.05, 0.1) is 17.2 Å². The van der Waals surface area contributed by atoms with Gasteiger partial charge in [0.25, 0.3) is 0 Å². The molecule has 1 aliphatic rings. The van der Waals surface area contributed by atoms with Crippen LogP contribution < -0.4 is 5.32 Å². The fourth-order valence-corrected chi connectivity index (χ4v) is 4.01. The summed E-state index contributed by atoms with van der Waals surface area (Å²) in [5.41, 5.74) is 3.39. The van der Waals surface area contributed by atoms with Crippen molar-refractivity contribution >= 4 is 16.9 Å². The summed E-state index contributed by atoms with van der Waals surface area (Å²) < 4.78 is 0. The highest BCUT2D eigenvalue weighted by molar-refractivity contribution is 5.73. The van der Waals surface area contributed by atoms with Gasteiger partial charge in [-0.25, -0.2) is 4.98 Å². The predicted molar refractivity (Wildman–Crippen MR) is 100.0 cm³/mol. The molecule has 0 fully saturated rings. The highest BCUT2D eigenvalue weighted by Crippen LogP contribution is 2.38. The molecule has 0 spiro atoms. The van der Waals surface area contributed by atoms with Gasteiger partial charge < -0.3 is 10.3 Å². The summed E-state index contributed by atoms with van der Waals surface area (Å²) in [4.78, 5) is 23.5. The molecule has 25 heavy (non-hydrogen) atoms. The molecule has 2 N–H and O–H groups in total. The maximum atomic E-state index is 11.3. The normalized spacial score (nSPS) is 23.7. The third-order valence-corrected chi connectivity index (χ3v) is 5.44. The summed E-state index contributed by atoms with van der Waals surface area (Å²) in [6, 6.07) is 1.94. The van der Waals surface area contributed by atoms with Crippen molar-refractivity contribution in [2.24, 2.45) is 23.7 Å². The second-order valence-electron chi connectivity index (χ2n) is 7.63. The van der Waals surface area contributed by atoms with E-state index in [9.17, 15) is 4.79 Å². The zero-order valence-electron chi connectivity index (χ0n) is 15.5. The molecular formula is C20H28N4O. The van der Waals surface area contributed by atoms with Gasteiger partial charge in [0.2, 0.25) is 5.91 Å². The molecule has 0 saturated carbocycles. The lowest BCUT2D eigenvalue weighted by atomic mass is 9.70. The van der Waals surface area contributed by atoms with Crippen molar-refractivity contribution in [1.82, 2.24) is 20.3 Å². The first-order valence-corrected chi connectivity index (χ1v) is 9.15. The Kier molecular flexibility index (Phi) is 5.21. The fourth-order valence-electron chi connectivity index (χ4n) is 4.01. The Morgan fingerprint density at radius 1 is 1.44 bits per heavy atom. The number of aromatic nitrogens is 3. The minimum absolute atomic E-state index is 0.0477. The Bertz CT molecular complexity index is 744. The van der Waals surface area contributed by atoms with Crippen molar-refractivity contribution in [3.05, 3.63) is 35.9 Å². The molecule has 0 saturated heterocycles. The number of carbonyl (C=O) groups is 1. The van der Waals surface area contributed by atoms with Gasteiger partial charge in [-0.15, -0.1) is 0 Å². The largest absolute Gasteiger partial charge is 0.356 e. The highest BCUT2D eigenvalue weighted by atomic mass is 16.1. The SMILES string of the molecule is CC(=O)NC[C@@H]1C=C(C)[C@H](Cc2nc3ccncc3[nH]2)C[C@H]1C(C)C. The molecule has 1 aliphatic carbocycles. The van der Waals surface area contributed by atoms with Gasteiger partial charge in [0, 0.05) is 26.1 Å². The van der Waals surface area contributed by atoms with Gasteiger partial charge in [0.1, 0.15) is 5.82 Å². The number of allylic oxidation sites excluding steroid dienone is 1. The average Bonchev–Trinajstić information content (AvgIpc) is 2.96. The minimum atomic E-state index is 0.0477. The van der Waals surface area contributed by atoms with E-state index in [0.29, 0.717) is 23.7 Å². The first-order chi connectivity index (χ1) is 11.9. The van der Waals surface area contributed by atoms with E-state index < -0.39 is 0 Å². The Morgan fingerprint density at radius 3 is 2.92 bits per heavy atom. The molecule has 0 radical (unpaired) electrons. The molecule has 0 bridgehead atoms. The van der Waals surface area contributed by atoms with Gasteiger partial charge in [0.15, 0.2) is 0 Å². The van der Waals surface area contributed by atoms with Crippen molar-refractivity contribution in [2.45, 2.75) is 40.5 Å². The number of amides is 1. The minimum Gasteiger partial charge on any atom is -0.356 e. The van der Waals surface area contributed by atoms with Crippen LogP contribution >= 0.6 is 0 Å². The quantitative estimate of drug-likeness (QED) is 0.819. The van der Waals surface area contributed by atoms with E-state index in [-0.39, 0.29) is 5.91 Å². The van der Waals surface area contributed by atoms with Crippen LogP contribution in [0.15, 0.2) is 30.1 Å². The van der Waals surface area contributed by atoms with Gasteiger partial charge in [-0.05, 0) is 43.1 Å². The maximum Gasteiger partial charge on any atom is 0.216 e. The zero-order chi connectivity index (χ0) is 18.0. The number of nitrogens with one attached hydrogen (secondary N) is 2. The third kappa shape index (κ3) is 4.09. The van der Waals surface area contributed by atoms with Crippen LogP contribution in [0.5, 0.6) is 0 Å². The number of rotatable bonds is 5. The maximum absolute atomic E-state index is 11.3. The molecule has 134 valence electrons. The van der Waals surface area contributed by atoms with E-state index >= 15 is 0 Å². The van der Waals surface area contributed by atoms with E-state index in [2.05, 4.69) is 42.1 Å². The fraction of sp³-hybridized carbons (Fsp3) is 0.550. The smallest absolute Gasteiger partial charge is 0.216 e. The van der Waals surface area contributed by atoms with Crippen LogP contribution in [0.25, 0.3) is 11.0 Å². The number of hydrogen-bond acceptors (Lipinski definition) is 3. The lowest BCUT2D eigenvalue weighted by Gasteiger charge is -2.37. The predicted octanol–water partition coefficient (Wildman–Crippen LogP) is 3.49. The number of H-pyrrole nitrogens is 1. The second-order valence-corrected chi connectivity index (χ2v) is 7.63. The van der Waals surface area contributed by atoms with Crippen LogP contribution in [0.2, 0.25) is 0 Å². The highest BCUT2D eigenvalue weighted by Gasteiger charge is 2.32. The molecule has 0 aliphatic heterocycles. The summed E-state index contributed by atoms with van der Waals surface area (Å²) in [5.74, 6) is 3.15.